The quantitative estimate of drug-likeness (QED) is 0.802. The Bertz CT molecular complexity index is 397. The van der Waals surface area contributed by atoms with E-state index in [9.17, 15) is 0 Å². The van der Waals surface area contributed by atoms with Crippen LogP contribution in [0.2, 0.25) is 0 Å². The first-order chi connectivity index (χ1) is 8.74. The summed E-state index contributed by atoms with van der Waals surface area (Å²) in [6.45, 7) is 2.62. The number of anilines is 2. The number of thioether (sulfide) groups is 1. The molecule has 1 aromatic carbocycles. The fourth-order valence-corrected chi connectivity index (χ4v) is 3.25. The van der Waals surface area contributed by atoms with E-state index in [1.54, 1.807) is 0 Å². The molecule has 0 aliphatic heterocycles. The number of hydrogen-bond donors (Lipinski definition) is 2. The van der Waals surface area contributed by atoms with Crippen molar-refractivity contribution in [3.63, 3.8) is 0 Å². The lowest BCUT2D eigenvalue weighted by molar-refractivity contribution is 0.342. The van der Waals surface area contributed by atoms with E-state index in [-0.39, 0.29) is 0 Å². The summed E-state index contributed by atoms with van der Waals surface area (Å²) in [5, 5.41) is 4.34. The molecule has 1 saturated carbocycles. The van der Waals surface area contributed by atoms with Gasteiger partial charge in [0.15, 0.2) is 0 Å². The van der Waals surface area contributed by atoms with Crippen LogP contribution in [0.1, 0.15) is 26.2 Å². The van der Waals surface area contributed by atoms with Crippen molar-refractivity contribution in [2.45, 2.75) is 37.5 Å². The second kappa shape index (κ2) is 6.23. The maximum absolute atomic E-state index is 6.12. The number of rotatable bonds is 5. The highest BCUT2D eigenvalue weighted by Gasteiger charge is 2.24. The van der Waals surface area contributed by atoms with Crippen LogP contribution < -0.4 is 15.8 Å². The van der Waals surface area contributed by atoms with Crippen LogP contribution in [0.3, 0.4) is 0 Å². The average molecular weight is 266 g/mol. The van der Waals surface area contributed by atoms with Crippen LogP contribution in [0.4, 0.5) is 11.4 Å². The largest absolute Gasteiger partial charge is 0.492 e. The van der Waals surface area contributed by atoms with Crippen molar-refractivity contribution in [1.29, 1.82) is 0 Å². The lowest BCUT2D eigenvalue weighted by Crippen LogP contribution is -2.17. The van der Waals surface area contributed by atoms with E-state index in [1.165, 1.54) is 19.3 Å². The van der Waals surface area contributed by atoms with E-state index in [4.69, 9.17) is 10.5 Å². The molecule has 0 bridgehead atoms. The zero-order valence-corrected chi connectivity index (χ0v) is 11.9. The first-order valence-electron chi connectivity index (χ1n) is 6.55. The van der Waals surface area contributed by atoms with Crippen molar-refractivity contribution < 1.29 is 4.74 Å². The summed E-state index contributed by atoms with van der Waals surface area (Å²) >= 11 is 1.97. The molecule has 0 aromatic heterocycles. The van der Waals surface area contributed by atoms with Gasteiger partial charge in [-0.05, 0) is 44.6 Å². The second-order valence-corrected chi connectivity index (χ2v) is 5.80. The van der Waals surface area contributed by atoms with Crippen molar-refractivity contribution in [3.8, 4) is 5.75 Å². The molecule has 2 atom stereocenters. The van der Waals surface area contributed by atoms with Gasteiger partial charge in [0, 0.05) is 11.3 Å². The summed E-state index contributed by atoms with van der Waals surface area (Å²) in [4.78, 5) is 0. The number of ether oxygens (including phenoxy) is 1. The van der Waals surface area contributed by atoms with Crippen LogP contribution in [-0.2, 0) is 0 Å². The number of para-hydroxylation sites is 1. The van der Waals surface area contributed by atoms with Gasteiger partial charge in [-0.25, -0.2) is 0 Å². The summed E-state index contributed by atoms with van der Waals surface area (Å²) in [6, 6.07) is 6.49. The summed E-state index contributed by atoms with van der Waals surface area (Å²) in [6.07, 6.45) is 5.93. The molecule has 1 aliphatic carbocycles. The third-order valence-electron chi connectivity index (χ3n) is 3.44. The van der Waals surface area contributed by atoms with Gasteiger partial charge < -0.3 is 15.8 Å². The van der Waals surface area contributed by atoms with E-state index >= 15 is 0 Å². The Morgan fingerprint density at radius 2 is 2.28 bits per heavy atom. The van der Waals surface area contributed by atoms with Crippen molar-refractivity contribution in [3.05, 3.63) is 18.2 Å². The van der Waals surface area contributed by atoms with Crippen molar-refractivity contribution >= 4 is 23.1 Å². The third-order valence-corrected chi connectivity index (χ3v) is 4.54. The highest BCUT2D eigenvalue weighted by molar-refractivity contribution is 7.99. The number of nitrogen functional groups attached to an aromatic ring is 1. The molecule has 4 heteroatoms. The highest BCUT2D eigenvalue weighted by atomic mass is 32.2. The number of nitrogens with two attached hydrogens (primary N) is 1. The molecule has 3 N–H and O–H groups in total. The van der Waals surface area contributed by atoms with Crippen LogP contribution >= 0.6 is 11.8 Å². The molecule has 100 valence electrons. The topological polar surface area (TPSA) is 47.3 Å². The van der Waals surface area contributed by atoms with Gasteiger partial charge in [-0.1, -0.05) is 6.07 Å². The van der Waals surface area contributed by atoms with Gasteiger partial charge in [-0.3, -0.25) is 0 Å². The maximum Gasteiger partial charge on any atom is 0.144 e. The summed E-state index contributed by atoms with van der Waals surface area (Å²) in [7, 11) is 0. The van der Waals surface area contributed by atoms with E-state index in [1.807, 2.05) is 36.9 Å². The fourth-order valence-electron chi connectivity index (χ4n) is 2.46. The van der Waals surface area contributed by atoms with Crippen LogP contribution in [0.25, 0.3) is 0 Å². The minimum absolute atomic E-state index is 0.543. The van der Waals surface area contributed by atoms with Crippen LogP contribution in [0, 0.1) is 0 Å². The molecule has 2 rings (SSSR count). The summed E-state index contributed by atoms with van der Waals surface area (Å²) in [5.74, 6) is 0.780. The zero-order valence-electron chi connectivity index (χ0n) is 11.1. The van der Waals surface area contributed by atoms with Crippen molar-refractivity contribution in [2.75, 3.05) is 23.9 Å². The first kappa shape index (κ1) is 13.4. The minimum atomic E-state index is 0.543. The van der Waals surface area contributed by atoms with Gasteiger partial charge in [0.25, 0.3) is 0 Å². The normalized spacial score (nSPS) is 23.0. The molecule has 0 heterocycles. The Morgan fingerprint density at radius 1 is 1.44 bits per heavy atom. The molecule has 2 unspecified atom stereocenters. The van der Waals surface area contributed by atoms with E-state index in [0.29, 0.717) is 12.6 Å². The van der Waals surface area contributed by atoms with Gasteiger partial charge in [0.1, 0.15) is 5.75 Å². The SMILES string of the molecule is CCOc1cccc(NC2CCC(SC)C2)c1N. The van der Waals surface area contributed by atoms with Crippen LogP contribution in [0.5, 0.6) is 5.75 Å². The van der Waals surface area contributed by atoms with Gasteiger partial charge in [-0.2, -0.15) is 11.8 Å². The number of benzene rings is 1. The molecule has 1 aliphatic rings. The number of hydrogen-bond acceptors (Lipinski definition) is 4. The monoisotopic (exact) mass is 266 g/mol. The Morgan fingerprint density at radius 3 is 2.94 bits per heavy atom. The first-order valence-corrected chi connectivity index (χ1v) is 7.84. The standard InChI is InChI=1S/C14H22N2OS/c1-3-17-13-6-4-5-12(14(13)15)16-10-7-8-11(9-10)18-2/h4-6,10-11,16H,3,7-9,15H2,1-2H3. The molecule has 0 radical (unpaired) electrons. The third kappa shape index (κ3) is 3.05. The van der Waals surface area contributed by atoms with Crippen LogP contribution in [0.15, 0.2) is 18.2 Å². The molecule has 0 saturated heterocycles. The molecular formula is C14H22N2OS. The van der Waals surface area contributed by atoms with Crippen molar-refractivity contribution in [2.24, 2.45) is 0 Å². The Hall–Kier alpha value is -1.03. The lowest BCUT2D eigenvalue weighted by atomic mass is 10.2. The predicted molar refractivity (Wildman–Crippen MR) is 80.6 cm³/mol. The Labute approximate surface area is 113 Å². The zero-order chi connectivity index (χ0) is 13.0. The van der Waals surface area contributed by atoms with Crippen LogP contribution in [-0.4, -0.2) is 24.2 Å². The predicted octanol–water partition coefficient (Wildman–Crippen LogP) is 3.36. The fraction of sp³-hybridized carbons (Fsp3) is 0.571. The Balaban J connectivity index is 2.03. The highest BCUT2D eigenvalue weighted by Crippen LogP contribution is 2.34. The second-order valence-electron chi connectivity index (χ2n) is 4.66. The smallest absolute Gasteiger partial charge is 0.144 e. The van der Waals surface area contributed by atoms with Gasteiger partial charge in [0.2, 0.25) is 0 Å². The average Bonchev–Trinajstić information content (AvgIpc) is 2.82. The molecular weight excluding hydrogens is 244 g/mol. The Kier molecular flexibility index (Phi) is 4.64. The van der Waals surface area contributed by atoms with E-state index in [2.05, 4.69) is 11.6 Å². The molecule has 1 aromatic rings. The van der Waals surface area contributed by atoms with Gasteiger partial charge >= 0.3 is 0 Å². The summed E-state index contributed by atoms with van der Waals surface area (Å²) < 4.78 is 5.51. The van der Waals surface area contributed by atoms with Gasteiger partial charge in [-0.15, -0.1) is 0 Å². The molecule has 0 spiro atoms. The maximum atomic E-state index is 6.12. The number of nitrogens with one attached hydrogen (secondary N) is 1. The van der Waals surface area contributed by atoms with Crippen molar-refractivity contribution in [1.82, 2.24) is 0 Å². The minimum Gasteiger partial charge on any atom is -0.492 e. The molecule has 1 fully saturated rings. The van der Waals surface area contributed by atoms with Gasteiger partial charge in [0.05, 0.1) is 18.0 Å². The van der Waals surface area contributed by atoms with E-state index in [0.717, 1.165) is 22.4 Å². The molecule has 0 amide bonds. The van der Waals surface area contributed by atoms with E-state index < -0.39 is 0 Å². The molecule has 3 nitrogen and oxygen atoms in total. The summed E-state index contributed by atoms with van der Waals surface area (Å²) in [5.41, 5.74) is 7.86. The molecule has 18 heavy (non-hydrogen) atoms. The lowest BCUT2D eigenvalue weighted by Gasteiger charge is -2.17.